The van der Waals surface area contributed by atoms with E-state index in [1.165, 1.54) is 12.8 Å². The molecular formula is C9H21NO3S. The molecule has 0 bridgehead atoms. The summed E-state index contributed by atoms with van der Waals surface area (Å²) in [5, 5.41) is 7.60. The Morgan fingerprint density at radius 2 is 1.79 bits per heavy atom. The van der Waals surface area contributed by atoms with Crippen LogP contribution in [-0.4, -0.2) is 29.7 Å². The van der Waals surface area contributed by atoms with E-state index >= 15 is 0 Å². The molecule has 4 nitrogen and oxygen atoms in total. The van der Waals surface area contributed by atoms with Crippen molar-refractivity contribution >= 4 is 24.9 Å². The third kappa shape index (κ3) is 63.1. The minimum Gasteiger partial charge on any atom is -0.480 e. The summed E-state index contributed by atoms with van der Waals surface area (Å²) < 4.78 is 0. The van der Waals surface area contributed by atoms with Crippen LogP contribution in [0.3, 0.4) is 0 Å². The summed E-state index contributed by atoms with van der Waals surface area (Å²) in [4.78, 5) is 18.6. The Morgan fingerprint density at radius 1 is 1.43 bits per heavy atom. The Labute approximate surface area is 91.3 Å². The zero-order valence-electron chi connectivity index (χ0n) is 8.90. The molecule has 0 radical (unpaired) electrons. The average molecular weight is 223 g/mol. The highest BCUT2D eigenvalue weighted by atomic mass is 32.1. The molecule has 0 aromatic heterocycles. The minimum absolute atomic E-state index is 0.278. The zero-order valence-corrected chi connectivity index (χ0v) is 9.80. The maximum atomic E-state index is 9.36. The number of aliphatic carboxylic acids is 1. The van der Waals surface area contributed by atoms with E-state index in [4.69, 9.17) is 5.11 Å². The Hall–Kier alpha value is -0.550. The molecule has 0 heterocycles. The van der Waals surface area contributed by atoms with Gasteiger partial charge in [0.15, 0.2) is 0 Å². The average Bonchev–Trinajstić information content (AvgIpc) is 2.20. The van der Waals surface area contributed by atoms with Crippen LogP contribution in [-0.2, 0) is 9.59 Å². The van der Waals surface area contributed by atoms with Crippen molar-refractivity contribution in [2.24, 2.45) is 5.73 Å². The highest BCUT2D eigenvalue weighted by Crippen LogP contribution is 1.76. The lowest BCUT2D eigenvalue weighted by Gasteiger charge is -1.73. The van der Waals surface area contributed by atoms with Gasteiger partial charge in [-0.25, -0.2) is 0 Å². The monoisotopic (exact) mass is 223 g/mol. The van der Waals surface area contributed by atoms with Gasteiger partial charge in [-0.3, -0.25) is 4.79 Å². The van der Waals surface area contributed by atoms with Crippen molar-refractivity contribution in [3.8, 4) is 0 Å². The van der Waals surface area contributed by atoms with Gasteiger partial charge in [0.2, 0.25) is 0 Å². The molecule has 0 atom stereocenters. The van der Waals surface area contributed by atoms with E-state index in [0.29, 0.717) is 12.2 Å². The van der Waals surface area contributed by atoms with Crippen molar-refractivity contribution < 1.29 is 14.7 Å². The standard InChI is InChI=1S/C4H10.C3H6OS.C2H5NO2/c1-3-4-2;4-2-1-3-5;3-1-2(4)5/h3-4H2,1-2H3;2,5H,1,3H2;1,3H2,(H,4,5). The van der Waals surface area contributed by atoms with Gasteiger partial charge in [-0.2, -0.15) is 12.6 Å². The first-order valence-electron chi connectivity index (χ1n) is 4.56. The van der Waals surface area contributed by atoms with E-state index < -0.39 is 5.97 Å². The van der Waals surface area contributed by atoms with Crippen molar-refractivity contribution in [2.45, 2.75) is 33.1 Å². The number of rotatable bonds is 4. The van der Waals surface area contributed by atoms with Crippen LogP contribution < -0.4 is 5.73 Å². The number of carbonyl (C=O) groups excluding carboxylic acids is 1. The molecule has 3 N–H and O–H groups in total. The molecule has 14 heavy (non-hydrogen) atoms. The fraction of sp³-hybridized carbons (Fsp3) is 0.778. The Balaban J connectivity index is -0.000000131. The molecular weight excluding hydrogens is 202 g/mol. The highest BCUT2D eigenvalue weighted by Gasteiger charge is 1.81. The molecule has 0 aliphatic carbocycles. The number of unbranched alkanes of at least 4 members (excludes halogenated alkanes) is 1. The molecule has 0 saturated heterocycles. The van der Waals surface area contributed by atoms with Crippen molar-refractivity contribution in [3.05, 3.63) is 0 Å². The SMILES string of the molecule is CCCC.NCC(=O)O.O=CCCS. The van der Waals surface area contributed by atoms with E-state index in [9.17, 15) is 9.59 Å². The molecule has 5 heteroatoms. The molecule has 0 aliphatic heterocycles. The van der Waals surface area contributed by atoms with E-state index in [-0.39, 0.29) is 6.54 Å². The molecule has 0 aromatic carbocycles. The zero-order chi connectivity index (χ0) is 11.8. The van der Waals surface area contributed by atoms with Crippen LogP contribution in [0.25, 0.3) is 0 Å². The molecule has 0 fully saturated rings. The molecule has 0 aliphatic rings. The second-order valence-electron chi connectivity index (χ2n) is 2.28. The van der Waals surface area contributed by atoms with Gasteiger partial charge >= 0.3 is 5.97 Å². The third-order valence-corrected chi connectivity index (χ3v) is 1.18. The molecule has 0 rings (SSSR count). The molecule has 0 spiro atoms. The van der Waals surface area contributed by atoms with Gasteiger partial charge in [0.25, 0.3) is 0 Å². The van der Waals surface area contributed by atoms with Crippen LogP contribution in [0.5, 0.6) is 0 Å². The number of nitrogens with two attached hydrogens (primary N) is 1. The largest absolute Gasteiger partial charge is 0.480 e. The summed E-state index contributed by atoms with van der Waals surface area (Å²) in [7, 11) is 0. The van der Waals surface area contributed by atoms with Crippen molar-refractivity contribution in [2.75, 3.05) is 12.3 Å². The quantitative estimate of drug-likeness (QED) is 0.496. The van der Waals surface area contributed by atoms with Gasteiger partial charge in [-0.15, -0.1) is 0 Å². The van der Waals surface area contributed by atoms with Crippen LogP contribution in [0.15, 0.2) is 0 Å². The van der Waals surface area contributed by atoms with Gasteiger partial charge in [-0.1, -0.05) is 26.7 Å². The molecule has 0 aromatic rings. The van der Waals surface area contributed by atoms with Crippen LogP contribution in [0.4, 0.5) is 0 Å². The van der Waals surface area contributed by atoms with Crippen LogP contribution in [0.1, 0.15) is 33.1 Å². The van der Waals surface area contributed by atoms with Gasteiger partial charge < -0.3 is 15.6 Å². The fourth-order valence-corrected chi connectivity index (χ4v) is 0.158. The summed E-state index contributed by atoms with van der Waals surface area (Å²) in [6, 6.07) is 0. The lowest BCUT2D eigenvalue weighted by atomic mass is 10.4. The molecule has 0 saturated carbocycles. The Bertz CT molecular complexity index is 119. The number of carbonyl (C=O) groups is 2. The van der Waals surface area contributed by atoms with Crippen LogP contribution in [0.2, 0.25) is 0 Å². The van der Waals surface area contributed by atoms with E-state index in [1.807, 2.05) is 0 Å². The van der Waals surface area contributed by atoms with Crippen LogP contribution in [0, 0.1) is 0 Å². The van der Waals surface area contributed by atoms with Gasteiger partial charge in [0.1, 0.15) is 6.29 Å². The molecule has 86 valence electrons. The number of carboxylic acids is 1. The number of carboxylic acid groups (broad SMARTS) is 1. The normalized spacial score (nSPS) is 7.43. The first kappa shape index (κ1) is 19.1. The predicted octanol–water partition coefficient (Wildman–Crippen LogP) is 1.34. The topological polar surface area (TPSA) is 80.4 Å². The predicted molar refractivity (Wildman–Crippen MR) is 61.8 cm³/mol. The number of hydrogen-bond acceptors (Lipinski definition) is 4. The first-order chi connectivity index (χ1) is 6.60. The summed E-state index contributed by atoms with van der Waals surface area (Å²) in [6.07, 6.45) is 4.07. The van der Waals surface area contributed by atoms with E-state index in [0.717, 1.165) is 6.29 Å². The van der Waals surface area contributed by atoms with Gasteiger partial charge in [-0.05, 0) is 5.75 Å². The maximum Gasteiger partial charge on any atom is 0.317 e. The van der Waals surface area contributed by atoms with Crippen molar-refractivity contribution in [1.29, 1.82) is 0 Å². The summed E-state index contributed by atoms with van der Waals surface area (Å²) >= 11 is 3.77. The van der Waals surface area contributed by atoms with E-state index in [1.54, 1.807) is 0 Å². The second-order valence-corrected chi connectivity index (χ2v) is 2.72. The smallest absolute Gasteiger partial charge is 0.317 e. The van der Waals surface area contributed by atoms with Crippen molar-refractivity contribution in [3.63, 3.8) is 0 Å². The Kier molecular flexibility index (Phi) is 31.2. The fourth-order valence-electron chi connectivity index (χ4n) is 0.0527. The van der Waals surface area contributed by atoms with Crippen molar-refractivity contribution in [1.82, 2.24) is 0 Å². The first-order valence-corrected chi connectivity index (χ1v) is 5.20. The maximum absolute atomic E-state index is 9.36. The number of thiol groups is 1. The number of hydrogen-bond donors (Lipinski definition) is 3. The van der Waals surface area contributed by atoms with E-state index in [2.05, 4.69) is 32.2 Å². The molecule has 0 unspecified atom stereocenters. The van der Waals surface area contributed by atoms with Gasteiger partial charge in [0, 0.05) is 6.42 Å². The molecule has 0 amide bonds. The van der Waals surface area contributed by atoms with Crippen LogP contribution >= 0.6 is 12.6 Å². The van der Waals surface area contributed by atoms with Gasteiger partial charge in [0.05, 0.1) is 6.54 Å². The summed E-state index contributed by atoms with van der Waals surface area (Å²) in [5.41, 5.74) is 4.57. The highest BCUT2D eigenvalue weighted by molar-refractivity contribution is 7.80. The Morgan fingerprint density at radius 3 is 1.79 bits per heavy atom. The third-order valence-electron chi connectivity index (χ3n) is 0.922. The lowest BCUT2D eigenvalue weighted by molar-refractivity contribution is -0.135. The summed E-state index contributed by atoms with van der Waals surface area (Å²) in [5.74, 6) is -0.297. The minimum atomic E-state index is -0.968. The summed E-state index contributed by atoms with van der Waals surface area (Å²) in [6.45, 7) is 4.08. The number of aldehydes is 1. The second kappa shape index (κ2) is 22.9. The lowest BCUT2D eigenvalue weighted by Crippen LogP contribution is -2.10.